The summed E-state index contributed by atoms with van der Waals surface area (Å²) < 4.78 is 7.45. The Bertz CT molecular complexity index is 545. The quantitative estimate of drug-likeness (QED) is 0.666. The van der Waals surface area contributed by atoms with Crippen molar-refractivity contribution in [3.8, 4) is 0 Å². The van der Waals surface area contributed by atoms with Crippen LogP contribution in [0.3, 0.4) is 0 Å². The first-order valence-electron chi connectivity index (χ1n) is 6.16. The molecule has 6 heteroatoms. The van der Waals surface area contributed by atoms with Crippen LogP contribution in [-0.2, 0) is 11.3 Å². The van der Waals surface area contributed by atoms with E-state index in [-0.39, 0.29) is 22.5 Å². The van der Waals surface area contributed by atoms with Gasteiger partial charge in [-0.2, -0.15) is 4.98 Å². The first-order valence-corrected chi connectivity index (χ1v) is 6.54. The Morgan fingerprint density at radius 2 is 2.39 bits per heavy atom. The maximum absolute atomic E-state index is 11.9. The van der Waals surface area contributed by atoms with E-state index < -0.39 is 0 Å². The van der Waals surface area contributed by atoms with Crippen molar-refractivity contribution in [1.29, 1.82) is 0 Å². The van der Waals surface area contributed by atoms with E-state index in [1.165, 1.54) is 0 Å². The molecule has 18 heavy (non-hydrogen) atoms. The van der Waals surface area contributed by atoms with Crippen molar-refractivity contribution in [2.45, 2.75) is 38.5 Å². The predicted molar refractivity (Wildman–Crippen MR) is 69.3 cm³/mol. The molecule has 1 aromatic heterocycles. The van der Waals surface area contributed by atoms with Gasteiger partial charge in [-0.3, -0.25) is 4.57 Å². The maximum atomic E-state index is 11.9. The Kier molecular flexibility index (Phi) is 2.64. The van der Waals surface area contributed by atoms with E-state index in [1.807, 2.05) is 6.92 Å². The Labute approximate surface area is 110 Å². The summed E-state index contributed by atoms with van der Waals surface area (Å²) >= 11 is 5.91. The number of ether oxygens (including phenoxy) is 1. The third-order valence-corrected chi connectivity index (χ3v) is 4.07. The van der Waals surface area contributed by atoms with Gasteiger partial charge in [0.1, 0.15) is 11.0 Å². The molecule has 2 atom stereocenters. The highest BCUT2D eigenvalue weighted by molar-refractivity contribution is 6.29. The average Bonchev–Trinajstić information content (AvgIpc) is 2.30. The van der Waals surface area contributed by atoms with Gasteiger partial charge < -0.3 is 9.64 Å². The molecular formula is C12H16ClN3O2. The van der Waals surface area contributed by atoms with Crippen LogP contribution in [0.2, 0.25) is 5.15 Å². The van der Waals surface area contributed by atoms with Gasteiger partial charge in [-0.25, -0.2) is 4.79 Å². The summed E-state index contributed by atoms with van der Waals surface area (Å²) in [6.07, 6.45) is 1.04. The van der Waals surface area contributed by atoms with Crippen LogP contribution in [0.4, 0.5) is 5.82 Å². The van der Waals surface area contributed by atoms with Crippen molar-refractivity contribution < 1.29 is 4.74 Å². The Morgan fingerprint density at radius 1 is 1.61 bits per heavy atom. The largest absolute Gasteiger partial charge is 0.374 e. The number of anilines is 1. The monoisotopic (exact) mass is 269 g/mol. The lowest BCUT2D eigenvalue weighted by atomic mass is 9.92. The summed E-state index contributed by atoms with van der Waals surface area (Å²) in [5.74, 6) is 0.865. The first kappa shape index (κ1) is 12.0. The molecule has 0 N–H and O–H groups in total. The highest BCUT2D eigenvalue weighted by Gasteiger charge is 2.41. The minimum Gasteiger partial charge on any atom is -0.374 e. The normalized spacial score (nSPS) is 30.8. The van der Waals surface area contributed by atoms with Crippen molar-refractivity contribution in [2.75, 3.05) is 18.1 Å². The fourth-order valence-corrected chi connectivity index (χ4v) is 2.93. The zero-order valence-corrected chi connectivity index (χ0v) is 11.3. The summed E-state index contributed by atoms with van der Waals surface area (Å²) in [6, 6.07) is 1.78. The van der Waals surface area contributed by atoms with Crippen LogP contribution in [0.25, 0.3) is 0 Å². The highest BCUT2D eigenvalue weighted by Crippen LogP contribution is 2.35. The fourth-order valence-electron chi connectivity index (χ4n) is 2.76. The van der Waals surface area contributed by atoms with Gasteiger partial charge in [0.25, 0.3) is 0 Å². The van der Waals surface area contributed by atoms with Gasteiger partial charge in [-0.15, -0.1) is 0 Å². The molecule has 3 rings (SSSR count). The van der Waals surface area contributed by atoms with Crippen LogP contribution in [0.15, 0.2) is 10.9 Å². The molecule has 3 heterocycles. The third-order valence-electron chi connectivity index (χ3n) is 3.88. The maximum Gasteiger partial charge on any atom is 0.350 e. The Morgan fingerprint density at radius 3 is 3.17 bits per heavy atom. The molecule has 5 nitrogen and oxygen atoms in total. The first-order chi connectivity index (χ1) is 8.49. The van der Waals surface area contributed by atoms with Crippen LogP contribution in [0, 0.1) is 0 Å². The van der Waals surface area contributed by atoms with Crippen molar-refractivity contribution >= 4 is 17.4 Å². The van der Waals surface area contributed by atoms with Gasteiger partial charge in [0.05, 0.1) is 18.2 Å². The zero-order chi connectivity index (χ0) is 12.9. The standard InChI is InChI=1S/C12H16ClN3O2/c1-8-6-16-10-5-9(13)14-11(17)15(10)4-3-12(16,2)7-18-8/h5,8H,3-4,6-7H2,1-2H3/t8-,12+/m0/s1. The van der Waals surface area contributed by atoms with Crippen LogP contribution in [0.5, 0.6) is 0 Å². The van der Waals surface area contributed by atoms with Crippen molar-refractivity contribution in [1.82, 2.24) is 9.55 Å². The summed E-state index contributed by atoms with van der Waals surface area (Å²) in [5, 5.41) is 0.259. The number of hydrogen-bond acceptors (Lipinski definition) is 4. The molecule has 0 radical (unpaired) electrons. The topological polar surface area (TPSA) is 47.4 Å². The third kappa shape index (κ3) is 1.73. The van der Waals surface area contributed by atoms with Gasteiger partial charge in [-0.1, -0.05) is 11.6 Å². The number of fused-ring (bicyclic) bond motifs is 3. The number of aromatic nitrogens is 2. The van der Waals surface area contributed by atoms with E-state index in [2.05, 4.69) is 16.8 Å². The molecule has 1 saturated heterocycles. The molecule has 0 saturated carbocycles. The average molecular weight is 270 g/mol. The fraction of sp³-hybridized carbons (Fsp3) is 0.667. The number of halogens is 1. The van der Waals surface area contributed by atoms with Crippen molar-refractivity contribution in [2.24, 2.45) is 0 Å². The Balaban J connectivity index is 2.13. The smallest absolute Gasteiger partial charge is 0.350 e. The van der Waals surface area contributed by atoms with Crippen LogP contribution < -0.4 is 10.6 Å². The number of hydrogen-bond donors (Lipinski definition) is 0. The van der Waals surface area contributed by atoms with Gasteiger partial charge in [0.2, 0.25) is 0 Å². The van der Waals surface area contributed by atoms with E-state index in [0.29, 0.717) is 13.2 Å². The van der Waals surface area contributed by atoms with Gasteiger partial charge in [-0.05, 0) is 20.3 Å². The number of rotatable bonds is 0. The minimum absolute atomic E-state index is 0.0520. The molecule has 1 aromatic rings. The van der Waals surface area contributed by atoms with Crippen LogP contribution >= 0.6 is 11.6 Å². The van der Waals surface area contributed by atoms with Crippen LogP contribution in [0.1, 0.15) is 20.3 Å². The lowest BCUT2D eigenvalue weighted by molar-refractivity contribution is -0.00721. The number of morpholine rings is 1. The van der Waals surface area contributed by atoms with E-state index in [9.17, 15) is 4.79 Å². The molecule has 0 unspecified atom stereocenters. The molecule has 2 aliphatic rings. The summed E-state index contributed by atoms with van der Waals surface area (Å²) in [5.41, 5.74) is -0.317. The molecule has 0 bridgehead atoms. The van der Waals surface area contributed by atoms with E-state index >= 15 is 0 Å². The highest BCUT2D eigenvalue weighted by atomic mass is 35.5. The van der Waals surface area contributed by atoms with Gasteiger partial charge in [0.15, 0.2) is 0 Å². The zero-order valence-electron chi connectivity index (χ0n) is 10.5. The van der Waals surface area contributed by atoms with Gasteiger partial charge in [0, 0.05) is 19.2 Å². The summed E-state index contributed by atoms with van der Waals surface area (Å²) in [7, 11) is 0. The van der Waals surface area contributed by atoms with Crippen molar-refractivity contribution in [3.05, 3.63) is 21.7 Å². The van der Waals surface area contributed by atoms with E-state index in [4.69, 9.17) is 16.3 Å². The molecule has 0 spiro atoms. The summed E-state index contributed by atoms with van der Waals surface area (Å²) in [6.45, 7) is 6.34. The molecule has 0 aromatic carbocycles. The molecule has 2 aliphatic heterocycles. The second-order valence-corrected chi connectivity index (χ2v) is 5.74. The minimum atomic E-state index is -0.265. The van der Waals surface area contributed by atoms with Crippen molar-refractivity contribution in [3.63, 3.8) is 0 Å². The predicted octanol–water partition coefficient (Wildman–Crippen LogP) is 1.28. The molecule has 0 amide bonds. The van der Waals surface area contributed by atoms with E-state index in [1.54, 1.807) is 10.6 Å². The van der Waals surface area contributed by atoms with Crippen LogP contribution in [-0.4, -0.2) is 34.3 Å². The lowest BCUT2D eigenvalue weighted by Crippen LogP contribution is -2.61. The SMILES string of the molecule is C[C@H]1CN2c3cc(Cl)nc(=O)n3CC[C@]2(C)CO1. The number of nitrogens with zero attached hydrogens (tertiary/aromatic N) is 3. The molecule has 0 aliphatic carbocycles. The lowest BCUT2D eigenvalue weighted by Gasteiger charge is -2.51. The van der Waals surface area contributed by atoms with E-state index in [0.717, 1.165) is 18.8 Å². The molecule has 1 fully saturated rings. The van der Waals surface area contributed by atoms with Gasteiger partial charge >= 0.3 is 5.69 Å². The Hall–Kier alpha value is -1.07. The molecular weight excluding hydrogens is 254 g/mol. The molecule has 98 valence electrons. The second-order valence-electron chi connectivity index (χ2n) is 5.35. The summed E-state index contributed by atoms with van der Waals surface area (Å²) in [4.78, 5) is 17.9. The second kappa shape index (κ2) is 3.96.